The molecule has 0 spiro atoms. The summed E-state index contributed by atoms with van der Waals surface area (Å²) in [7, 11) is 0. The highest BCUT2D eigenvalue weighted by Gasteiger charge is 2.13. The minimum Gasteiger partial charge on any atom is -0.494 e. The molecule has 0 fully saturated rings. The van der Waals surface area contributed by atoms with E-state index >= 15 is 0 Å². The van der Waals surface area contributed by atoms with Gasteiger partial charge in [0.15, 0.2) is 0 Å². The lowest BCUT2D eigenvalue weighted by atomic mass is 9.87. The molecule has 0 aliphatic carbocycles. The van der Waals surface area contributed by atoms with Crippen LogP contribution in [0, 0.1) is 0 Å². The molecule has 2 aromatic carbocycles. The first-order valence-electron chi connectivity index (χ1n) is 8.63. The quantitative estimate of drug-likeness (QED) is 0.718. The van der Waals surface area contributed by atoms with E-state index in [-0.39, 0.29) is 23.3 Å². The van der Waals surface area contributed by atoms with Crippen LogP contribution < -0.4 is 10.1 Å². The molecule has 0 heterocycles. The first-order valence-corrected chi connectivity index (χ1v) is 8.63. The molecular weight excluding hydrogens is 330 g/mol. The van der Waals surface area contributed by atoms with Crippen molar-refractivity contribution in [2.75, 3.05) is 11.9 Å². The Morgan fingerprint density at radius 1 is 1.04 bits per heavy atom. The third-order valence-corrected chi connectivity index (χ3v) is 3.97. The summed E-state index contributed by atoms with van der Waals surface area (Å²) in [5, 5.41) is 11.8. The molecule has 0 saturated carbocycles. The van der Waals surface area contributed by atoms with Gasteiger partial charge >= 0.3 is 5.97 Å². The van der Waals surface area contributed by atoms with Gasteiger partial charge in [-0.2, -0.15) is 0 Å². The van der Waals surface area contributed by atoms with E-state index in [0.717, 1.165) is 5.75 Å². The summed E-state index contributed by atoms with van der Waals surface area (Å²) in [6.07, 6.45) is 0.802. The Hall–Kier alpha value is -2.82. The molecule has 0 saturated heterocycles. The summed E-state index contributed by atoms with van der Waals surface area (Å²) in [5.74, 6) is -0.525. The highest BCUT2D eigenvalue weighted by molar-refractivity contribution is 6.00. The van der Waals surface area contributed by atoms with Gasteiger partial charge in [-0.15, -0.1) is 0 Å². The van der Waals surface area contributed by atoms with Crippen molar-refractivity contribution in [1.82, 2.24) is 0 Å². The fourth-order valence-electron chi connectivity index (χ4n) is 2.47. The van der Waals surface area contributed by atoms with Crippen molar-refractivity contribution in [3.8, 4) is 5.75 Å². The SMILES string of the molecule is CC(C)(C)c1ccc(OCCCC(=O)Nc2ccccc2C(=O)O)cc1. The molecule has 26 heavy (non-hydrogen) atoms. The number of carbonyl (C=O) groups excluding carboxylic acids is 1. The Labute approximate surface area is 154 Å². The fraction of sp³-hybridized carbons (Fsp3) is 0.333. The molecule has 1 amide bonds. The second-order valence-electron chi connectivity index (χ2n) is 7.13. The number of carboxylic acid groups (broad SMARTS) is 1. The lowest BCUT2D eigenvalue weighted by molar-refractivity contribution is -0.116. The van der Waals surface area contributed by atoms with Crippen molar-refractivity contribution in [2.24, 2.45) is 0 Å². The molecule has 5 nitrogen and oxygen atoms in total. The van der Waals surface area contributed by atoms with Crippen LogP contribution >= 0.6 is 0 Å². The Bertz CT molecular complexity index is 760. The first-order chi connectivity index (χ1) is 12.3. The number of nitrogens with one attached hydrogen (secondary N) is 1. The number of amides is 1. The van der Waals surface area contributed by atoms with Gasteiger partial charge in [0.25, 0.3) is 0 Å². The van der Waals surface area contributed by atoms with E-state index < -0.39 is 5.97 Å². The van der Waals surface area contributed by atoms with Crippen LogP contribution in [0.4, 0.5) is 5.69 Å². The second-order valence-corrected chi connectivity index (χ2v) is 7.13. The molecule has 0 atom stereocenters. The molecule has 5 heteroatoms. The molecule has 138 valence electrons. The van der Waals surface area contributed by atoms with Crippen LogP contribution in [-0.2, 0) is 10.2 Å². The third kappa shape index (κ3) is 5.62. The van der Waals surface area contributed by atoms with Crippen LogP contribution in [0.5, 0.6) is 5.75 Å². The maximum atomic E-state index is 12.0. The lowest BCUT2D eigenvalue weighted by Crippen LogP contribution is -2.15. The fourth-order valence-corrected chi connectivity index (χ4v) is 2.47. The topological polar surface area (TPSA) is 75.6 Å². The number of benzene rings is 2. The van der Waals surface area contributed by atoms with Crippen molar-refractivity contribution in [2.45, 2.75) is 39.0 Å². The van der Waals surface area contributed by atoms with Crippen LogP contribution in [0.25, 0.3) is 0 Å². The summed E-state index contributed by atoms with van der Waals surface area (Å²) in [4.78, 5) is 23.1. The Kier molecular flexibility index (Phi) is 6.39. The number of hydrogen-bond donors (Lipinski definition) is 2. The number of carbonyl (C=O) groups is 2. The van der Waals surface area contributed by atoms with E-state index in [1.165, 1.54) is 11.6 Å². The Balaban J connectivity index is 1.78. The summed E-state index contributed by atoms with van der Waals surface area (Å²) in [5.41, 5.74) is 1.73. The van der Waals surface area contributed by atoms with Crippen molar-refractivity contribution in [3.63, 3.8) is 0 Å². The van der Waals surface area contributed by atoms with Crippen molar-refractivity contribution >= 4 is 17.6 Å². The normalized spacial score (nSPS) is 11.0. The van der Waals surface area contributed by atoms with Crippen LogP contribution in [0.2, 0.25) is 0 Å². The largest absolute Gasteiger partial charge is 0.494 e. The van der Waals surface area contributed by atoms with Gasteiger partial charge in [-0.25, -0.2) is 4.79 Å². The van der Waals surface area contributed by atoms with Crippen molar-refractivity contribution < 1.29 is 19.4 Å². The summed E-state index contributed by atoms with van der Waals surface area (Å²) in [6, 6.07) is 14.3. The smallest absolute Gasteiger partial charge is 0.337 e. The van der Waals surface area contributed by atoms with E-state index in [0.29, 0.717) is 18.7 Å². The van der Waals surface area contributed by atoms with Gasteiger partial charge in [-0.1, -0.05) is 45.0 Å². The van der Waals surface area contributed by atoms with Crippen LogP contribution in [0.3, 0.4) is 0 Å². The molecule has 2 N–H and O–H groups in total. The average molecular weight is 355 g/mol. The molecule has 0 bridgehead atoms. The van der Waals surface area contributed by atoms with Crippen molar-refractivity contribution in [1.29, 1.82) is 0 Å². The molecule has 2 aromatic rings. The van der Waals surface area contributed by atoms with Crippen LogP contribution in [-0.4, -0.2) is 23.6 Å². The van der Waals surface area contributed by atoms with Crippen molar-refractivity contribution in [3.05, 3.63) is 59.7 Å². The number of hydrogen-bond acceptors (Lipinski definition) is 3. The third-order valence-electron chi connectivity index (χ3n) is 3.97. The van der Waals surface area contributed by atoms with E-state index in [1.54, 1.807) is 18.2 Å². The summed E-state index contributed by atoms with van der Waals surface area (Å²) < 4.78 is 5.66. The maximum Gasteiger partial charge on any atom is 0.337 e. The zero-order chi connectivity index (χ0) is 19.2. The molecule has 0 aliphatic rings. The molecular formula is C21H25NO4. The minimum absolute atomic E-state index is 0.0797. The number of ether oxygens (including phenoxy) is 1. The van der Waals surface area contributed by atoms with Gasteiger partial charge in [0.2, 0.25) is 5.91 Å². The maximum absolute atomic E-state index is 12.0. The van der Waals surface area contributed by atoms with Gasteiger partial charge < -0.3 is 15.2 Å². The highest BCUT2D eigenvalue weighted by atomic mass is 16.5. The van der Waals surface area contributed by atoms with E-state index in [2.05, 4.69) is 26.1 Å². The number of rotatable bonds is 7. The minimum atomic E-state index is -1.07. The second kappa shape index (κ2) is 8.52. The standard InChI is InChI=1S/C21H25NO4/c1-21(2,3)15-10-12-16(13-11-15)26-14-6-9-19(23)22-18-8-5-4-7-17(18)20(24)25/h4-5,7-8,10-13H,6,9,14H2,1-3H3,(H,22,23)(H,24,25). The first kappa shape index (κ1) is 19.5. The van der Waals surface area contributed by atoms with Gasteiger partial charge in [-0.3, -0.25) is 4.79 Å². The van der Waals surface area contributed by atoms with E-state index in [9.17, 15) is 9.59 Å². The van der Waals surface area contributed by atoms with Gasteiger partial charge in [0.1, 0.15) is 5.75 Å². The van der Waals surface area contributed by atoms with Gasteiger partial charge in [0.05, 0.1) is 17.9 Å². The zero-order valence-corrected chi connectivity index (χ0v) is 15.4. The lowest BCUT2D eigenvalue weighted by Gasteiger charge is -2.19. The van der Waals surface area contributed by atoms with Gasteiger partial charge in [-0.05, 0) is 41.7 Å². The molecule has 0 unspecified atom stereocenters. The van der Waals surface area contributed by atoms with Crippen LogP contribution in [0.15, 0.2) is 48.5 Å². The van der Waals surface area contributed by atoms with E-state index in [4.69, 9.17) is 9.84 Å². The number of para-hydroxylation sites is 1. The van der Waals surface area contributed by atoms with E-state index in [1.807, 2.05) is 24.3 Å². The molecule has 2 rings (SSSR count). The monoisotopic (exact) mass is 355 g/mol. The molecule has 0 aromatic heterocycles. The average Bonchev–Trinajstić information content (AvgIpc) is 2.58. The predicted octanol–water partition coefficient (Wildman–Crippen LogP) is 4.48. The number of anilines is 1. The summed E-state index contributed by atoms with van der Waals surface area (Å²) in [6.45, 7) is 6.89. The van der Waals surface area contributed by atoms with Crippen LogP contribution in [0.1, 0.15) is 49.5 Å². The number of carboxylic acids is 1. The Morgan fingerprint density at radius 3 is 2.31 bits per heavy atom. The molecule has 0 aliphatic heterocycles. The highest BCUT2D eigenvalue weighted by Crippen LogP contribution is 2.24. The molecule has 0 radical (unpaired) electrons. The van der Waals surface area contributed by atoms with Gasteiger partial charge in [0, 0.05) is 6.42 Å². The zero-order valence-electron chi connectivity index (χ0n) is 15.4. The predicted molar refractivity (Wildman–Crippen MR) is 102 cm³/mol. The Morgan fingerprint density at radius 2 is 1.69 bits per heavy atom. The number of aromatic carboxylic acids is 1. The summed E-state index contributed by atoms with van der Waals surface area (Å²) >= 11 is 0.